The van der Waals surface area contributed by atoms with Gasteiger partial charge in [0.1, 0.15) is 23.4 Å². The molecule has 1 aromatic heterocycles. The topological polar surface area (TPSA) is 111 Å². The van der Waals surface area contributed by atoms with Gasteiger partial charge in [-0.2, -0.15) is 0 Å². The number of halogens is 2. The number of aryl methyl sites for hydroxylation is 2. The summed E-state index contributed by atoms with van der Waals surface area (Å²) in [6.45, 7) is 0.289. The van der Waals surface area contributed by atoms with E-state index >= 15 is 0 Å². The quantitative estimate of drug-likeness (QED) is 0.469. The molecule has 0 radical (unpaired) electrons. The molecular weight excluding hydrogens is 567 g/mol. The minimum Gasteiger partial charge on any atom is -0.493 e. The van der Waals surface area contributed by atoms with E-state index in [0.29, 0.717) is 47.2 Å². The molecule has 222 valence electrons. The lowest BCUT2D eigenvalue weighted by Gasteiger charge is -2.39. The number of hydrogen-bond acceptors (Lipinski definition) is 6. The highest BCUT2D eigenvalue weighted by atomic mass is 35.5. The number of rotatable bonds is 2. The number of hydrogen-bond donors (Lipinski definition) is 2. The maximum atomic E-state index is 14.5. The lowest BCUT2D eigenvalue weighted by molar-refractivity contribution is -0.125. The van der Waals surface area contributed by atoms with Crippen LogP contribution in [0.1, 0.15) is 34.5 Å². The fourth-order valence-corrected chi connectivity index (χ4v) is 5.44. The maximum Gasteiger partial charge on any atom is 0.270 e. The predicted octanol–water partition coefficient (Wildman–Crippen LogP) is 3.25. The molecule has 42 heavy (non-hydrogen) atoms. The number of ether oxygens (including phenoxy) is 3. The van der Waals surface area contributed by atoms with Crippen molar-refractivity contribution in [1.29, 1.82) is 0 Å². The molecule has 2 aromatic carbocycles. The van der Waals surface area contributed by atoms with Crippen molar-refractivity contribution in [3.63, 3.8) is 0 Å². The second-order valence-corrected chi connectivity index (χ2v) is 10.8. The molecule has 0 saturated carbocycles. The Balaban J connectivity index is 1.42. The number of methoxy groups -OCH3 is 1. The Morgan fingerprint density at radius 3 is 2.69 bits per heavy atom. The van der Waals surface area contributed by atoms with Crippen molar-refractivity contribution in [2.45, 2.75) is 38.0 Å². The van der Waals surface area contributed by atoms with Gasteiger partial charge in [0.25, 0.3) is 11.8 Å². The van der Waals surface area contributed by atoms with Gasteiger partial charge in [0.05, 0.1) is 18.2 Å². The molecule has 3 aromatic rings. The smallest absolute Gasteiger partial charge is 0.270 e. The summed E-state index contributed by atoms with van der Waals surface area (Å²) < 4.78 is 33.6. The van der Waals surface area contributed by atoms with Gasteiger partial charge in [-0.05, 0) is 47.9 Å². The summed E-state index contributed by atoms with van der Waals surface area (Å²) >= 11 is 6.10. The van der Waals surface area contributed by atoms with Gasteiger partial charge in [0, 0.05) is 51.8 Å². The van der Waals surface area contributed by atoms with Crippen LogP contribution >= 0.6 is 11.6 Å². The first-order valence-electron chi connectivity index (χ1n) is 13.6. The van der Waals surface area contributed by atoms with Crippen molar-refractivity contribution in [2.75, 3.05) is 26.8 Å². The van der Waals surface area contributed by atoms with Gasteiger partial charge in [-0.3, -0.25) is 14.4 Å². The molecule has 4 bridgehead atoms. The predicted molar refractivity (Wildman–Crippen MR) is 152 cm³/mol. The van der Waals surface area contributed by atoms with Gasteiger partial charge in [0.15, 0.2) is 18.1 Å². The van der Waals surface area contributed by atoms with E-state index < -0.39 is 23.9 Å². The van der Waals surface area contributed by atoms with Gasteiger partial charge in [-0.1, -0.05) is 17.7 Å². The molecule has 2 aliphatic heterocycles. The van der Waals surface area contributed by atoms with Crippen LogP contribution in [0, 0.1) is 5.82 Å². The Labute approximate surface area is 247 Å². The van der Waals surface area contributed by atoms with Crippen molar-refractivity contribution in [1.82, 2.24) is 20.1 Å². The van der Waals surface area contributed by atoms with E-state index in [1.807, 2.05) is 6.07 Å². The van der Waals surface area contributed by atoms with E-state index in [2.05, 4.69) is 10.6 Å². The van der Waals surface area contributed by atoms with Gasteiger partial charge >= 0.3 is 0 Å². The Hall–Kier alpha value is -4.25. The second-order valence-electron chi connectivity index (χ2n) is 10.4. The van der Waals surface area contributed by atoms with Crippen LogP contribution in [0.5, 0.6) is 17.2 Å². The lowest BCUT2D eigenvalue weighted by atomic mass is 10.0. The van der Waals surface area contributed by atoms with Crippen LogP contribution in [0.2, 0.25) is 5.02 Å². The highest BCUT2D eigenvalue weighted by Crippen LogP contribution is 2.29. The normalized spacial score (nSPS) is 19.7. The zero-order valence-electron chi connectivity index (χ0n) is 23.3. The highest BCUT2D eigenvalue weighted by Gasteiger charge is 2.35. The summed E-state index contributed by atoms with van der Waals surface area (Å²) in [4.78, 5) is 40.6. The third kappa shape index (κ3) is 6.96. The van der Waals surface area contributed by atoms with Crippen molar-refractivity contribution < 1.29 is 33.0 Å². The van der Waals surface area contributed by atoms with Crippen molar-refractivity contribution >= 4 is 29.3 Å². The van der Waals surface area contributed by atoms with E-state index in [4.69, 9.17) is 25.8 Å². The Morgan fingerprint density at radius 2 is 1.93 bits per heavy atom. The highest BCUT2D eigenvalue weighted by molar-refractivity contribution is 6.31. The summed E-state index contributed by atoms with van der Waals surface area (Å²) in [5, 5.41) is 6.21. The third-order valence-corrected chi connectivity index (χ3v) is 7.52. The van der Waals surface area contributed by atoms with Crippen LogP contribution in [0.15, 0.2) is 48.7 Å². The van der Waals surface area contributed by atoms with E-state index in [0.717, 1.165) is 5.56 Å². The van der Waals surface area contributed by atoms with Crippen LogP contribution < -0.4 is 24.8 Å². The first-order valence-corrected chi connectivity index (χ1v) is 14.0. The SMILES string of the molecule is COc1ccc2cc1OCC(=O)N[C@@H]1CN(C(=O)c3cc(Cl)cn3C)CC[C@H]1Oc1cc(F)cc(c1)CNC(=O)CC2. The van der Waals surface area contributed by atoms with E-state index in [-0.39, 0.29) is 43.7 Å². The number of fused-ring (bicyclic) bond motifs is 5. The monoisotopic (exact) mass is 598 g/mol. The molecule has 3 amide bonds. The van der Waals surface area contributed by atoms with Crippen LogP contribution in [0.4, 0.5) is 4.39 Å². The van der Waals surface area contributed by atoms with Gasteiger partial charge in [0.2, 0.25) is 5.91 Å². The summed E-state index contributed by atoms with van der Waals surface area (Å²) in [7, 11) is 3.23. The number of likely N-dealkylation sites (tertiary alicyclic amines) is 1. The third-order valence-electron chi connectivity index (χ3n) is 7.31. The molecule has 12 heteroatoms. The second kappa shape index (κ2) is 12.7. The van der Waals surface area contributed by atoms with Crippen molar-refractivity contribution in [2.24, 2.45) is 7.05 Å². The summed E-state index contributed by atoms with van der Waals surface area (Å²) in [6, 6.07) is 10.5. The van der Waals surface area contributed by atoms with Gasteiger partial charge < -0.3 is 34.3 Å². The largest absolute Gasteiger partial charge is 0.493 e. The number of aromatic nitrogens is 1. The first-order chi connectivity index (χ1) is 20.2. The van der Waals surface area contributed by atoms with E-state index in [1.54, 1.807) is 47.0 Å². The van der Waals surface area contributed by atoms with Crippen LogP contribution in [-0.2, 0) is 29.6 Å². The van der Waals surface area contributed by atoms with Crippen LogP contribution in [0.25, 0.3) is 0 Å². The number of carbonyl (C=O) groups excluding carboxylic acids is 3. The van der Waals surface area contributed by atoms with Gasteiger partial charge in [-0.15, -0.1) is 0 Å². The lowest BCUT2D eigenvalue weighted by Crippen LogP contribution is -2.58. The molecule has 0 aliphatic carbocycles. The number of piperidine rings is 1. The fraction of sp³-hybridized carbons (Fsp3) is 0.367. The minimum absolute atomic E-state index is 0.121. The molecule has 2 atom stereocenters. The Kier molecular flexibility index (Phi) is 8.86. The average Bonchev–Trinajstić information content (AvgIpc) is 3.31. The zero-order chi connectivity index (χ0) is 29.8. The average molecular weight is 599 g/mol. The molecule has 0 spiro atoms. The molecule has 2 aliphatic rings. The Morgan fingerprint density at radius 1 is 1.10 bits per heavy atom. The van der Waals surface area contributed by atoms with Crippen molar-refractivity contribution in [3.8, 4) is 17.2 Å². The zero-order valence-corrected chi connectivity index (χ0v) is 24.1. The fourth-order valence-electron chi connectivity index (χ4n) is 5.19. The number of carbonyl (C=O) groups is 3. The first kappa shape index (κ1) is 29.2. The minimum atomic E-state index is -0.631. The number of benzene rings is 2. The molecule has 1 fully saturated rings. The Bertz CT molecular complexity index is 1490. The summed E-state index contributed by atoms with van der Waals surface area (Å²) in [5.41, 5.74) is 1.78. The number of nitrogens with zero attached hydrogens (tertiary/aromatic N) is 2. The summed E-state index contributed by atoms with van der Waals surface area (Å²) in [6.07, 6.45) is 2.08. The van der Waals surface area contributed by atoms with E-state index in [9.17, 15) is 18.8 Å². The number of nitrogens with one attached hydrogen (secondary N) is 2. The van der Waals surface area contributed by atoms with Gasteiger partial charge in [-0.25, -0.2) is 4.39 Å². The molecule has 10 nitrogen and oxygen atoms in total. The summed E-state index contributed by atoms with van der Waals surface area (Å²) in [5.74, 6) is -0.310. The van der Waals surface area contributed by atoms with E-state index in [1.165, 1.54) is 19.2 Å². The molecule has 5 rings (SSSR count). The maximum absolute atomic E-state index is 14.5. The standard InChI is InChI=1S/C30H32ClFN4O6/c1-35-15-20(31)12-24(35)30(39)36-8-7-25-23(16-36)34-29(38)17-41-27-11-18(3-5-26(27)40-2)4-6-28(37)33-14-19-9-21(32)13-22(10-19)42-25/h3,5,9-13,15,23,25H,4,6-8,14,16-17H2,1-2H3,(H,33,37)(H,34,38)/t23-,25-/m1/s1. The van der Waals surface area contributed by atoms with Crippen LogP contribution in [-0.4, -0.2) is 66.1 Å². The molecular formula is C30H32ClFN4O6. The number of amides is 3. The molecule has 0 unspecified atom stereocenters. The van der Waals surface area contributed by atoms with Crippen LogP contribution in [0.3, 0.4) is 0 Å². The molecule has 2 N–H and O–H groups in total. The van der Waals surface area contributed by atoms with Crippen molar-refractivity contribution in [3.05, 3.63) is 76.3 Å². The molecule has 1 saturated heterocycles. The molecule has 3 heterocycles.